The average molecular weight is 324 g/mol. The Labute approximate surface area is 140 Å². The molecule has 1 saturated heterocycles. The Morgan fingerprint density at radius 2 is 1.74 bits per heavy atom. The predicted octanol–water partition coefficient (Wildman–Crippen LogP) is 3.74. The maximum absolute atomic E-state index is 12.1. The van der Waals surface area contributed by atoms with E-state index in [1.54, 1.807) is 0 Å². The molecule has 23 heavy (non-hydrogen) atoms. The molecule has 1 heterocycles. The summed E-state index contributed by atoms with van der Waals surface area (Å²) in [5, 5.41) is 0. The van der Waals surface area contributed by atoms with Gasteiger partial charge >= 0.3 is 5.97 Å². The van der Waals surface area contributed by atoms with Gasteiger partial charge in [-0.25, -0.2) is 4.79 Å². The molecule has 0 aromatic carbocycles. The van der Waals surface area contributed by atoms with Crippen LogP contribution < -0.4 is 0 Å². The molecule has 0 aromatic rings. The molecule has 0 N–H and O–H groups in total. The Balaban J connectivity index is 2.40. The number of fused-ring (bicyclic) bond motifs is 1. The van der Waals surface area contributed by atoms with Crippen LogP contribution in [0.1, 0.15) is 54.9 Å². The van der Waals surface area contributed by atoms with E-state index in [1.807, 2.05) is 0 Å². The Morgan fingerprint density at radius 3 is 2.26 bits per heavy atom. The first-order valence-corrected chi connectivity index (χ1v) is 8.65. The molecule has 4 atom stereocenters. The summed E-state index contributed by atoms with van der Waals surface area (Å²) in [6.45, 7) is 14.9. The molecule has 4 unspecified atom stereocenters. The van der Waals surface area contributed by atoms with Gasteiger partial charge in [0.25, 0.3) is 0 Å². The van der Waals surface area contributed by atoms with E-state index in [9.17, 15) is 4.79 Å². The minimum Gasteiger partial charge on any atom is -0.466 e. The molecule has 2 rings (SSSR count). The second kappa shape index (κ2) is 6.21. The summed E-state index contributed by atoms with van der Waals surface area (Å²) in [5.74, 6) is 0.785. The van der Waals surface area contributed by atoms with Crippen LogP contribution in [0.15, 0.2) is 11.6 Å². The van der Waals surface area contributed by atoms with Crippen molar-refractivity contribution in [1.29, 1.82) is 0 Å². The minimum absolute atomic E-state index is 0.0242. The van der Waals surface area contributed by atoms with Gasteiger partial charge in [0.1, 0.15) is 0 Å². The van der Waals surface area contributed by atoms with Gasteiger partial charge in [-0.15, -0.1) is 0 Å². The first-order valence-electron chi connectivity index (χ1n) is 8.65. The van der Waals surface area contributed by atoms with E-state index in [0.717, 1.165) is 0 Å². The predicted molar refractivity (Wildman–Crippen MR) is 90.1 cm³/mol. The molecule has 132 valence electrons. The topological polar surface area (TPSA) is 44.8 Å². The molecule has 1 aliphatic heterocycles. The second-order valence-corrected chi connectivity index (χ2v) is 8.33. The molecular weight excluding hydrogens is 292 g/mol. The van der Waals surface area contributed by atoms with E-state index in [1.165, 1.54) is 7.11 Å². The van der Waals surface area contributed by atoms with E-state index < -0.39 is 5.60 Å². The standard InChI is InChI=1S/C19H32O4/c1-11(2)12(3)14-9-13(17(20)21-8)10-15-16(14)23-19(6,7)18(4,5)22-15/h9,11-12,14-16H,10H2,1-8H3. The monoisotopic (exact) mass is 324 g/mol. The van der Waals surface area contributed by atoms with Gasteiger partial charge in [0, 0.05) is 17.9 Å². The van der Waals surface area contributed by atoms with Gasteiger partial charge in [-0.1, -0.05) is 26.8 Å². The number of carbonyl (C=O) groups is 1. The number of ether oxygens (including phenoxy) is 3. The van der Waals surface area contributed by atoms with Crippen LogP contribution in [-0.2, 0) is 19.0 Å². The highest BCUT2D eigenvalue weighted by Crippen LogP contribution is 2.46. The molecule has 0 bridgehead atoms. The molecule has 0 radical (unpaired) electrons. The summed E-state index contributed by atoms with van der Waals surface area (Å²) >= 11 is 0. The van der Waals surface area contributed by atoms with Crippen LogP contribution in [0.5, 0.6) is 0 Å². The van der Waals surface area contributed by atoms with Gasteiger partial charge in [0.05, 0.1) is 30.5 Å². The Hall–Kier alpha value is -0.870. The lowest BCUT2D eigenvalue weighted by atomic mass is 9.72. The largest absolute Gasteiger partial charge is 0.466 e. The lowest BCUT2D eigenvalue weighted by Gasteiger charge is -2.55. The van der Waals surface area contributed by atoms with Gasteiger partial charge < -0.3 is 14.2 Å². The zero-order valence-corrected chi connectivity index (χ0v) is 15.8. The van der Waals surface area contributed by atoms with Crippen LogP contribution >= 0.6 is 0 Å². The molecule has 0 saturated carbocycles. The lowest BCUT2D eigenvalue weighted by molar-refractivity contribution is -0.306. The van der Waals surface area contributed by atoms with Gasteiger partial charge in [0.2, 0.25) is 0 Å². The first kappa shape index (κ1) is 18.5. The highest BCUT2D eigenvalue weighted by atomic mass is 16.6. The van der Waals surface area contributed by atoms with Crippen molar-refractivity contribution in [2.45, 2.75) is 78.3 Å². The first-order chi connectivity index (χ1) is 10.5. The van der Waals surface area contributed by atoms with Crippen molar-refractivity contribution < 1.29 is 19.0 Å². The Bertz CT molecular complexity index is 490. The van der Waals surface area contributed by atoms with Crippen molar-refractivity contribution in [2.24, 2.45) is 17.8 Å². The summed E-state index contributed by atoms with van der Waals surface area (Å²) < 4.78 is 17.9. The van der Waals surface area contributed by atoms with Crippen molar-refractivity contribution >= 4 is 5.97 Å². The number of methoxy groups -OCH3 is 1. The molecule has 0 amide bonds. The zero-order chi connectivity index (χ0) is 17.6. The third kappa shape index (κ3) is 3.34. The summed E-state index contributed by atoms with van der Waals surface area (Å²) in [5.41, 5.74) is -0.0664. The van der Waals surface area contributed by atoms with E-state index >= 15 is 0 Å². The fraction of sp³-hybridized carbons (Fsp3) is 0.842. The van der Waals surface area contributed by atoms with E-state index in [-0.39, 0.29) is 29.7 Å². The van der Waals surface area contributed by atoms with Crippen molar-refractivity contribution in [3.8, 4) is 0 Å². The maximum Gasteiger partial charge on any atom is 0.333 e. The van der Waals surface area contributed by atoms with Gasteiger partial charge in [-0.2, -0.15) is 0 Å². The van der Waals surface area contributed by atoms with Crippen molar-refractivity contribution in [2.75, 3.05) is 7.11 Å². The van der Waals surface area contributed by atoms with Crippen LogP contribution in [0.2, 0.25) is 0 Å². The SMILES string of the molecule is COC(=O)C1=CC(C(C)C(C)C)C2OC(C)(C)C(C)(C)OC2C1. The van der Waals surface area contributed by atoms with Crippen LogP contribution in [-0.4, -0.2) is 36.5 Å². The lowest BCUT2D eigenvalue weighted by Crippen LogP contribution is -2.63. The van der Waals surface area contributed by atoms with Crippen molar-refractivity contribution in [1.82, 2.24) is 0 Å². The van der Waals surface area contributed by atoms with E-state index in [2.05, 4.69) is 54.5 Å². The molecule has 0 spiro atoms. The van der Waals surface area contributed by atoms with E-state index in [0.29, 0.717) is 23.8 Å². The molecule has 2 aliphatic rings. The van der Waals surface area contributed by atoms with Crippen LogP contribution in [0.3, 0.4) is 0 Å². The summed E-state index contributed by atoms with van der Waals surface area (Å²) in [6.07, 6.45) is 2.49. The van der Waals surface area contributed by atoms with Gasteiger partial charge in [-0.05, 0) is 39.5 Å². The fourth-order valence-corrected chi connectivity index (χ4v) is 3.42. The maximum atomic E-state index is 12.1. The van der Waals surface area contributed by atoms with Crippen LogP contribution in [0.4, 0.5) is 0 Å². The molecule has 4 nitrogen and oxygen atoms in total. The minimum atomic E-state index is -0.404. The number of hydrogen-bond acceptors (Lipinski definition) is 4. The van der Waals surface area contributed by atoms with Crippen LogP contribution in [0.25, 0.3) is 0 Å². The molecule has 4 heteroatoms. The van der Waals surface area contributed by atoms with Gasteiger partial charge in [-0.3, -0.25) is 0 Å². The number of rotatable bonds is 3. The summed E-state index contributed by atoms with van der Waals surface area (Å²) in [7, 11) is 1.43. The quantitative estimate of drug-likeness (QED) is 0.742. The number of carbonyl (C=O) groups excluding carboxylic acids is 1. The summed E-state index contributed by atoms with van der Waals surface area (Å²) in [4.78, 5) is 12.1. The summed E-state index contributed by atoms with van der Waals surface area (Å²) in [6, 6.07) is 0. The molecule has 0 aromatic heterocycles. The third-order valence-electron chi connectivity index (χ3n) is 5.99. The smallest absolute Gasteiger partial charge is 0.333 e. The molecular formula is C19H32O4. The van der Waals surface area contributed by atoms with E-state index in [4.69, 9.17) is 14.2 Å². The van der Waals surface area contributed by atoms with Crippen LogP contribution in [0, 0.1) is 17.8 Å². The van der Waals surface area contributed by atoms with Crippen molar-refractivity contribution in [3.05, 3.63) is 11.6 Å². The fourth-order valence-electron chi connectivity index (χ4n) is 3.42. The number of hydrogen-bond donors (Lipinski definition) is 0. The molecule has 1 fully saturated rings. The van der Waals surface area contributed by atoms with Crippen molar-refractivity contribution in [3.63, 3.8) is 0 Å². The Morgan fingerprint density at radius 1 is 1.17 bits per heavy atom. The Kier molecular flexibility index (Phi) is 4.99. The highest BCUT2D eigenvalue weighted by Gasteiger charge is 2.53. The van der Waals surface area contributed by atoms with Gasteiger partial charge in [0.15, 0.2) is 0 Å². The second-order valence-electron chi connectivity index (χ2n) is 8.33. The number of esters is 1. The zero-order valence-electron chi connectivity index (χ0n) is 15.8. The molecule has 1 aliphatic carbocycles. The normalized spacial score (nSPS) is 33.6. The third-order valence-corrected chi connectivity index (χ3v) is 5.99. The highest BCUT2D eigenvalue weighted by molar-refractivity contribution is 5.88. The average Bonchev–Trinajstić information content (AvgIpc) is 2.45.